The lowest BCUT2D eigenvalue weighted by atomic mass is 9.84. The maximum absolute atomic E-state index is 6.19. The zero-order chi connectivity index (χ0) is 9.80. The van der Waals surface area contributed by atoms with Gasteiger partial charge in [-0.3, -0.25) is 0 Å². The summed E-state index contributed by atoms with van der Waals surface area (Å²) in [7, 11) is 0. The third-order valence-corrected chi connectivity index (χ3v) is 3.24. The minimum absolute atomic E-state index is 0.310. The third kappa shape index (κ3) is 2.35. The number of nitrogens with zero attached hydrogens (tertiary/aromatic N) is 2. The van der Waals surface area contributed by atoms with Crippen molar-refractivity contribution < 1.29 is 0 Å². The van der Waals surface area contributed by atoms with Gasteiger partial charge in [0, 0.05) is 25.0 Å². The smallest absolute Gasteiger partial charge is 0.0946 e. The third-order valence-electron chi connectivity index (χ3n) is 3.24. The van der Waals surface area contributed by atoms with E-state index in [0.717, 1.165) is 12.5 Å². The monoisotopic (exact) mass is 193 g/mol. The molecular weight excluding hydrogens is 174 g/mol. The molecule has 1 aromatic rings. The average molecular weight is 193 g/mol. The second-order valence-electron chi connectivity index (χ2n) is 4.32. The Bertz CT molecular complexity index is 250. The maximum atomic E-state index is 6.19. The van der Waals surface area contributed by atoms with Gasteiger partial charge in [-0.15, -0.1) is 0 Å². The predicted molar refractivity (Wildman–Crippen MR) is 56.8 cm³/mol. The van der Waals surface area contributed by atoms with Crippen LogP contribution in [0.4, 0.5) is 0 Å². The van der Waals surface area contributed by atoms with Gasteiger partial charge in [-0.05, 0) is 18.8 Å². The topological polar surface area (TPSA) is 43.8 Å². The number of aromatic nitrogens is 2. The minimum Gasteiger partial charge on any atom is -0.336 e. The fourth-order valence-electron chi connectivity index (χ4n) is 2.35. The van der Waals surface area contributed by atoms with Crippen LogP contribution in [0, 0.1) is 5.92 Å². The van der Waals surface area contributed by atoms with Crippen molar-refractivity contribution in [1.29, 1.82) is 0 Å². The lowest BCUT2D eigenvalue weighted by molar-refractivity contribution is 0.285. The molecule has 0 aromatic carbocycles. The standard InChI is InChI=1S/C11H19N3/c12-11(8-14-7-6-13-9-14)10-4-2-1-3-5-10/h6-7,9-11H,1-5,8,12H2. The largest absolute Gasteiger partial charge is 0.336 e. The van der Waals surface area contributed by atoms with Gasteiger partial charge in [-0.25, -0.2) is 4.98 Å². The van der Waals surface area contributed by atoms with E-state index in [9.17, 15) is 0 Å². The molecule has 1 fully saturated rings. The molecule has 0 radical (unpaired) electrons. The van der Waals surface area contributed by atoms with Gasteiger partial charge < -0.3 is 10.3 Å². The van der Waals surface area contributed by atoms with Crippen LogP contribution in [0.3, 0.4) is 0 Å². The molecule has 0 saturated heterocycles. The van der Waals surface area contributed by atoms with Gasteiger partial charge in [0.1, 0.15) is 0 Å². The quantitative estimate of drug-likeness (QED) is 0.795. The van der Waals surface area contributed by atoms with Gasteiger partial charge in [-0.1, -0.05) is 19.3 Å². The van der Waals surface area contributed by atoms with Crippen LogP contribution in [-0.2, 0) is 6.54 Å². The molecule has 78 valence electrons. The van der Waals surface area contributed by atoms with E-state index in [4.69, 9.17) is 5.73 Å². The number of rotatable bonds is 3. The van der Waals surface area contributed by atoms with Crippen LogP contribution < -0.4 is 5.73 Å². The van der Waals surface area contributed by atoms with Crippen LogP contribution in [0.1, 0.15) is 32.1 Å². The van der Waals surface area contributed by atoms with Crippen LogP contribution in [0.2, 0.25) is 0 Å². The first kappa shape index (κ1) is 9.71. The lowest BCUT2D eigenvalue weighted by Crippen LogP contribution is -2.35. The molecule has 0 amide bonds. The van der Waals surface area contributed by atoms with Crippen molar-refractivity contribution in [2.75, 3.05) is 0 Å². The van der Waals surface area contributed by atoms with Crippen LogP contribution in [0.15, 0.2) is 18.7 Å². The highest BCUT2D eigenvalue weighted by atomic mass is 15.0. The summed E-state index contributed by atoms with van der Waals surface area (Å²) in [4.78, 5) is 4.03. The second-order valence-corrected chi connectivity index (χ2v) is 4.32. The highest BCUT2D eigenvalue weighted by Crippen LogP contribution is 2.26. The molecule has 1 saturated carbocycles. The summed E-state index contributed by atoms with van der Waals surface area (Å²) in [6.07, 6.45) is 12.4. The fourth-order valence-corrected chi connectivity index (χ4v) is 2.35. The normalized spacial score (nSPS) is 20.9. The fraction of sp³-hybridized carbons (Fsp3) is 0.727. The molecule has 2 rings (SSSR count). The summed E-state index contributed by atoms with van der Waals surface area (Å²) in [5, 5.41) is 0. The molecule has 1 aliphatic carbocycles. The molecule has 0 bridgehead atoms. The first-order chi connectivity index (χ1) is 6.86. The highest BCUT2D eigenvalue weighted by Gasteiger charge is 2.20. The summed E-state index contributed by atoms with van der Waals surface area (Å²) in [6, 6.07) is 0.310. The predicted octanol–water partition coefficient (Wildman–Crippen LogP) is 1.79. The van der Waals surface area contributed by atoms with Crippen molar-refractivity contribution in [3.63, 3.8) is 0 Å². The van der Waals surface area contributed by atoms with E-state index in [2.05, 4.69) is 9.55 Å². The van der Waals surface area contributed by atoms with Gasteiger partial charge in [0.05, 0.1) is 6.33 Å². The van der Waals surface area contributed by atoms with Gasteiger partial charge in [0.25, 0.3) is 0 Å². The summed E-state index contributed by atoms with van der Waals surface area (Å²) < 4.78 is 2.08. The highest BCUT2D eigenvalue weighted by molar-refractivity contribution is 4.81. The van der Waals surface area contributed by atoms with Crippen molar-refractivity contribution in [1.82, 2.24) is 9.55 Å². The van der Waals surface area contributed by atoms with E-state index < -0.39 is 0 Å². The summed E-state index contributed by atoms with van der Waals surface area (Å²) in [5.41, 5.74) is 6.19. The van der Waals surface area contributed by atoms with Crippen LogP contribution in [0.25, 0.3) is 0 Å². The number of nitrogens with two attached hydrogens (primary N) is 1. The lowest BCUT2D eigenvalue weighted by Gasteiger charge is -2.27. The van der Waals surface area contributed by atoms with Gasteiger partial charge >= 0.3 is 0 Å². The Morgan fingerprint density at radius 3 is 2.79 bits per heavy atom. The Labute approximate surface area is 85.3 Å². The van der Waals surface area contributed by atoms with Crippen molar-refractivity contribution >= 4 is 0 Å². The SMILES string of the molecule is NC(Cn1ccnc1)C1CCCCC1. The molecule has 3 nitrogen and oxygen atoms in total. The van der Waals surface area contributed by atoms with Gasteiger partial charge in [0.2, 0.25) is 0 Å². The Morgan fingerprint density at radius 1 is 1.36 bits per heavy atom. The summed E-state index contributed by atoms with van der Waals surface area (Å²) in [5.74, 6) is 0.728. The van der Waals surface area contributed by atoms with E-state index in [0.29, 0.717) is 6.04 Å². The van der Waals surface area contributed by atoms with Gasteiger partial charge in [-0.2, -0.15) is 0 Å². The molecule has 1 aromatic heterocycles. The first-order valence-electron chi connectivity index (χ1n) is 5.57. The number of hydrogen-bond acceptors (Lipinski definition) is 2. The molecule has 1 unspecified atom stereocenters. The number of imidazole rings is 1. The zero-order valence-corrected chi connectivity index (χ0v) is 8.60. The second kappa shape index (κ2) is 4.60. The zero-order valence-electron chi connectivity index (χ0n) is 8.60. The van der Waals surface area contributed by atoms with Crippen molar-refractivity contribution in [2.45, 2.75) is 44.7 Å². The van der Waals surface area contributed by atoms with E-state index in [1.54, 1.807) is 0 Å². The minimum atomic E-state index is 0.310. The Morgan fingerprint density at radius 2 is 2.14 bits per heavy atom. The molecular formula is C11H19N3. The molecule has 2 N–H and O–H groups in total. The van der Waals surface area contributed by atoms with Gasteiger partial charge in [0.15, 0.2) is 0 Å². The first-order valence-corrected chi connectivity index (χ1v) is 5.57. The van der Waals surface area contributed by atoms with Crippen molar-refractivity contribution in [3.05, 3.63) is 18.7 Å². The van der Waals surface area contributed by atoms with Crippen molar-refractivity contribution in [2.24, 2.45) is 11.7 Å². The van der Waals surface area contributed by atoms with Crippen LogP contribution >= 0.6 is 0 Å². The molecule has 0 aliphatic heterocycles. The van der Waals surface area contributed by atoms with E-state index in [1.165, 1.54) is 32.1 Å². The molecule has 1 aliphatic rings. The summed E-state index contributed by atoms with van der Waals surface area (Å²) in [6.45, 7) is 0.921. The molecule has 1 atom stereocenters. The van der Waals surface area contributed by atoms with Crippen LogP contribution in [-0.4, -0.2) is 15.6 Å². The Balaban J connectivity index is 1.85. The Hall–Kier alpha value is -0.830. The average Bonchev–Trinajstić information content (AvgIpc) is 2.72. The van der Waals surface area contributed by atoms with Crippen molar-refractivity contribution in [3.8, 4) is 0 Å². The maximum Gasteiger partial charge on any atom is 0.0946 e. The molecule has 3 heteroatoms. The van der Waals surface area contributed by atoms with Crippen LogP contribution in [0.5, 0.6) is 0 Å². The summed E-state index contributed by atoms with van der Waals surface area (Å²) >= 11 is 0. The number of hydrogen-bond donors (Lipinski definition) is 1. The molecule has 14 heavy (non-hydrogen) atoms. The molecule has 0 spiro atoms. The van der Waals surface area contributed by atoms with E-state index in [1.807, 2.05) is 18.7 Å². The van der Waals surface area contributed by atoms with E-state index in [-0.39, 0.29) is 0 Å². The molecule has 1 heterocycles. The Kier molecular flexibility index (Phi) is 3.19. The van der Waals surface area contributed by atoms with E-state index >= 15 is 0 Å².